The summed E-state index contributed by atoms with van der Waals surface area (Å²) >= 11 is 11.8. The van der Waals surface area contributed by atoms with E-state index >= 15 is 0 Å². The smallest absolute Gasteiger partial charge is 0.259 e. The maximum Gasteiger partial charge on any atom is 0.259 e. The van der Waals surface area contributed by atoms with Gasteiger partial charge in [0.1, 0.15) is 5.75 Å². The standard InChI is InChI=1S/C18H18Cl2N2O4S/c1-26-17-7-5-13(27(24,25)22-8-2-3-9-22)11-14(17)18(23)21-12-4-6-15(19)16(20)10-12/h4-7,10-11H,2-3,8-9H2,1H3,(H,21,23). The average Bonchev–Trinajstić information content (AvgIpc) is 3.19. The molecule has 2 aromatic carbocycles. The number of hydrogen-bond donors (Lipinski definition) is 1. The van der Waals surface area contributed by atoms with Crippen molar-refractivity contribution in [2.75, 3.05) is 25.5 Å². The molecule has 1 amide bonds. The number of ether oxygens (including phenoxy) is 1. The highest BCUT2D eigenvalue weighted by atomic mass is 35.5. The quantitative estimate of drug-likeness (QED) is 0.779. The van der Waals surface area contributed by atoms with Gasteiger partial charge in [-0.3, -0.25) is 4.79 Å². The van der Waals surface area contributed by atoms with Crippen LogP contribution in [0.5, 0.6) is 5.75 Å². The van der Waals surface area contributed by atoms with Gasteiger partial charge in [-0.05, 0) is 49.2 Å². The van der Waals surface area contributed by atoms with E-state index in [2.05, 4.69) is 5.32 Å². The molecule has 0 atom stereocenters. The lowest BCUT2D eigenvalue weighted by Gasteiger charge is -2.17. The van der Waals surface area contributed by atoms with Gasteiger partial charge in [0.05, 0.1) is 27.6 Å². The highest BCUT2D eigenvalue weighted by molar-refractivity contribution is 7.89. The fraction of sp³-hybridized carbons (Fsp3) is 0.278. The third-order valence-electron chi connectivity index (χ3n) is 4.30. The number of rotatable bonds is 5. The molecule has 1 heterocycles. The number of nitrogens with zero attached hydrogens (tertiary/aromatic N) is 1. The minimum absolute atomic E-state index is 0.0597. The lowest BCUT2D eigenvalue weighted by molar-refractivity contribution is 0.102. The number of sulfonamides is 1. The van der Waals surface area contributed by atoms with E-state index in [0.717, 1.165) is 12.8 Å². The maximum absolute atomic E-state index is 12.8. The van der Waals surface area contributed by atoms with Crippen molar-refractivity contribution in [2.45, 2.75) is 17.7 Å². The van der Waals surface area contributed by atoms with Crippen LogP contribution in [-0.4, -0.2) is 38.8 Å². The second kappa shape index (κ2) is 8.06. The summed E-state index contributed by atoms with van der Waals surface area (Å²) in [5, 5.41) is 3.34. The minimum atomic E-state index is -3.65. The third-order valence-corrected chi connectivity index (χ3v) is 6.93. The highest BCUT2D eigenvalue weighted by Gasteiger charge is 2.28. The summed E-state index contributed by atoms with van der Waals surface area (Å²) in [6, 6.07) is 8.93. The minimum Gasteiger partial charge on any atom is -0.496 e. The number of halogens is 2. The molecule has 1 N–H and O–H groups in total. The zero-order chi connectivity index (χ0) is 19.6. The van der Waals surface area contributed by atoms with E-state index in [-0.39, 0.29) is 16.2 Å². The molecule has 0 aromatic heterocycles. The van der Waals surface area contributed by atoms with E-state index in [1.54, 1.807) is 12.1 Å². The van der Waals surface area contributed by atoms with Crippen LogP contribution in [0.25, 0.3) is 0 Å². The number of carbonyl (C=O) groups is 1. The first-order valence-corrected chi connectivity index (χ1v) is 10.5. The molecule has 1 aliphatic rings. The van der Waals surface area contributed by atoms with Crippen molar-refractivity contribution in [3.05, 3.63) is 52.0 Å². The number of hydrogen-bond acceptors (Lipinski definition) is 4. The van der Waals surface area contributed by atoms with Gasteiger partial charge >= 0.3 is 0 Å². The van der Waals surface area contributed by atoms with Crippen LogP contribution in [0.2, 0.25) is 10.0 Å². The van der Waals surface area contributed by atoms with Gasteiger partial charge < -0.3 is 10.1 Å². The van der Waals surface area contributed by atoms with E-state index in [1.165, 1.54) is 35.7 Å². The largest absolute Gasteiger partial charge is 0.496 e. The number of anilines is 1. The number of benzene rings is 2. The fourth-order valence-electron chi connectivity index (χ4n) is 2.87. The molecule has 0 bridgehead atoms. The van der Waals surface area contributed by atoms with Crippen molar-refractivity contribution in [2.24, 2.45) is 0 Å². The summed E-state index contributed by atoms with van der Waals surface area (Å²) in [5.74, 6) is -0.239. The second-order valence-corrected chi connectivity index (χ2v) is 8.81. The molecule has 0 radical (unpaired) electrons. The Morgan fingerprint density at radius 2 is 1.78 bits per heavy atom. The molecular weight excluding hydrogens is 411 g/mol. The topological polar surface area (TPSA) is 75.7 Å². The first-order chi connectivity index (χ1) is 12.8. The molecule has 27 heavy (non-hydrogen) atoms. The van der Waals surface area contributed by atoms with Crippen molar-refractivity contribution in [1.29, 1.82) is 0 Å². The van der Waals surface area contributed by atoms with Gasteiger partial charge in [-0.1, -0.05) is 23.2 Å². The first-order valence-electron chi connectivity index (χ1n) is 8.27. The molecule has 2 aromatic rings. The van der Waals surface area contributed by atoms with Gasteiger partial charge in [0.25, 0.3) is 5.91 Å². The fourth-order valence-corrected chi connectivity index (χ4v) is 4.72. The van der Waals surface area contributed by atoms with E-state index in [0.29, 0.717) is 28.8 Å². The molecule has 0 spiro atoms. The van der Waals surface area contributed by atoms with Gasteiger partial charge in [-0.25, -0.2) is 8.42 Å². The van der Waals surface area contributed by atoms with Crippen LogP contribution in [0.3, 0.4) is 0 Å². The van der Waals surface area contributed by atoms with Crippen molar-refractivity contribution in [3.8, 4) is 5.75 Å². The van der Waals surface area contributed by atoms with E-state index in [9.17, 15) is 13.2 Å². The van der Waals surface area contributed by atoms with Crippen LogP contribution in [0, 0.1) is 0 Å². The Morgan fingerprint density at radius 3 is 2.41 bits per heavy atom. The Labute approximate surface area is 168 Å². The van der Waals surface area contributed by atoms with Gasteiger partial charge in [0, 0.05) is 18.8 Å². The number of nitrogens with one attached hydrogen (secondary N) is 1. The molecule has 0 unspecified atom stereocenters. The maximum atomic E-state index is 12.8. The Kier molecular flexibility index (Phi) is 5.95. The third kappa shape index (κ3) is 4.21. The predicted octanol–water partition coefficient (Wildman–Crippen LogP) is 4.04. The molecule has 0 saturated carbocycles. The molecule has 144 valence electrons. The van der Waals surface area contributed by atoms with Crippen LogP contribution in [0.1, 0.15) is 23.2 Å². The summed E-state index contributed by atoms with van der Waals surface area (Å²) in [7, 11) is -2.23. The van der Waals surface area contributed by atoms with Crippen LogP contribution < -0.4 is 10.1 Å². The van der Waals surface area contributed by atoms with Crippen molar-refractivity contribution < 1.29 is 17.9 Å². The van der Waals surface area contributed by atoms with Crippen molar-refractivity contribution >= 4 is 44.8 Å². The summed E-state index contributed by atoms with van der Waals surface area (Å²) in [6.07, 6.45) is 1.67. The van der Waals surface area contributed by atoms with E-state index < -0.39 is 15.9 Å². The zero-order valence-corrected chi connectivity index (χ0v) is 16.9. The second-order valence-electron chi connectivity index (χ2n) is 6.06. The summed E-state index contributed by atoms with van der Waals surface area (Å²) in [5.41, 5.74) is 0.549. The predicted molar refractivity (Wildman–Crippen MR) is 105 cm³/mol. The van der Waals surface area contributed by atoms with Crippen LogP contribution >= 0.6 is 23.2 Å². The molecule has 0 aliphatic carbocycles. The highest BCUT2D eigenvalue weighted by Crippen LogP contribution is 2.29. The van der Waals surface area contributed by atoms with Gasteiger partial charge in [-0.2, -0.15) is 4.31 Å². The average molecular weight is 429 g/mol. The Morgan fingerprint density at radius 1 is 1.07 bits per heavy atom. The normalized spacial score (nSPS) is 14.9. The van der Waals surface area contributed by atoms with Gasteiger partial charge in [-0.15, -0.1) is 0 Å². The lowest BCUT2D eigenvalue weighted by Crippen LogP contribution is -2.28. The first kappa shape index (κ1) is 19.9. The zero-order valence-electron chi connectivity index (χ0n) is 14.5. The SMILES string of the molecule is COc1ccc(S(=O)(=O)N2CCCC2)cc1C(=O)Nc1ccc(Cl)c(Cl)c1. The van der Waals surface area contributed by atoms with Gasteiger partial charge in [0.15, 0.2) is 0 Å². The molecule has 3 rings (SSSR count). The molecular formula is C18H18Cl2N2O4S. The lowest BCUT2D eigenvalue weighted by atomic mass is 10.2. The summed E-state index contributed by atoms with van der Waals surface area (Å²) in [6.45, 7) is 0.971. The molecule has 1 fully saturated rings. The van der Waals surface area contributed by atoms with Gasteiger partial charge in [0.2, 0.25) is 10.0 Å². The van der Waals surface area contributed by atoms with Crippen LogP contribution in [0.4, 0.5) is 5.69 Å². The number of methoxy groups -OCH3 is 1. The van der Waals surface area contributed by atoms with Crippen molar-refractivity contribution in [3.63, 3.8) is 0 Å². The van der Waals surface area contributed by atoms with E-state index in [4.69, 9.17) is 27.9 Å². The van der Waals surface area contributed by atoms with E-state index in [1.807, 2.05) is 0 Å². The molecule has 6 nitrogen and oxygen atoms in total. The number of carbonyl (C=O) groups excluding carboxylic acids is 1. The summed E-state index contributed by atoms with van der Waals surface area (Å²) < 4.78 is 32.2. The van der Waals surface area contributed by atoms with Crippen molar-refractivity contribution in [1.82, 2.24) is 4.31 Å². The molecule has 9 heteroatoms. The van der Waals surface area contributed by atoms with Crippen LogP contribution in [0.15, 0.2) is 41.3 Å². The Hall–Kier alpha value is -1.80. The van der Waals surface area contributed by atoms with Crippen LogP contribution in [-0.2, 0) is 10.0 Å². The Bertz CT molecular complexity index is 973. The molecule has 1 aliphatic heterocycles. The Balaban J connectivity index is 1.93. The number of amides is 1. The monoisotopic (exact) mass is 428 g/mol. The molecule has 1 saturated heterocycles. The summed E-state index contributed by atoms with van der Waals surface area (Å²) in [4.78, 5) is 12.8.